The molecule has 0 saturated carbocycles. The van der Waals surface area contributed by atoms with Gasteiger partial charge in [-0.05, 0) is 19.0 Å². The molecular weight excluding hydrogens is 192 g/mol. The first-order valence-corrected chi connectivity index (χ1v) is 5.23. The summed E-state index contributed by atoms with van der Waals surface area (Å²) < 4.78 is 0. The predicted octanol–water partition coefficient (Wildman–Crippen LogP) is -0.119. The van der Waals surface area contributed by atoms with E-state index in [2.05, 4.69) is 20.6 Å². The van der Waals surface area contributed by atoms with Gasteiger partial charge in [0.05, 0.1) is 18.6 Å². The van der Waals surface area contributed by atoms with Gasteiger partial charge in [0.2, 0.25) is 5.91 Å². The fourth-order valence-electron chi connectivity index (χ4n) is 1.60. The first kappa shape index (κ1) is 10.2. The molecule has 2 rings (SSSR count). The molecule has 15 heavy (non-hydrogen) atoms. The maximum atomic E-state index is 11.7. The summed E-state index contributed by atoms with van der Waals surface area (Å²) in [6.45, 7) is 4.43. The summed E-state index contributed by atoms with van der Waals surface area (Å²) in [5, 5.41) is 6.07. The van der Waals surface area contributed by atoms with E-state index in [0.29, 0.717) is 12.5 Å². The molecule has 5 heteroatoms. The molecule has 1 amide bonds. The predicted molar refractivity (Wildman–Crippen MR) is 56.0 cm³/mol. The highest BCUT2D eigenvalue weighted by Gasteiger charge is 2.28. The summed E-state index contributed by atoms with van der Waals surface area (Å²) in [4.78, 5) is 18.5. The van der Waals surface area contributed by atoms with Gasteiger partial charge in [0.15, 0.2) is 0 Å². The first-order chi connectivity index (χ1) is 7.27. The van der Waals surface area contributed by atoms with Crippen LogP contribution in [0.1, 0.15) is 12.6 Å². The molecule has 3 N–H and O–H groups in total. The van der Waals surface area contributed by atoms with Gasteiger partial charge in [0.1, 0.15) is 0 Å². The average molecular weight is 208 g/mol. The van der Waals surface area contributed by atoms with E-state index in [1.807, 2.05) is 6.92 Å². The fraction of sp³-hybridized carbons (Fsp3) is 0.600. The Morgan fingerprint density at radius 1 is 1.73 bits per heavy atom. The normalized spacial score (nSPS) is 18.2. The second-order valence-electron chi connectivity index (χ2n) is 4.00. The highest BCUT2D eigenvalue weighted by atomic mass is 16.1. The topological polar surface area (TPSA) is 69.8 Å². The van der Waals surface area contributed by atoms with Crippen molar-refractivity contribution in [3.63, 3.8) is 0 Å². The molecule has 1 aliphatic heterocycles. The summed E-state index contributed by atoms with van der Waals surface area (Å²) in [7, 11) is 0. The van der Waals surface area contributed by atoms with Crippen LogP contribution < -0.4 is 10.6 Å². The fourth-order valence-corrected chi connectivity index (χ4v) is 1.60. The molecule has 1 aromatic rings. The molecule has 1 aliphatic rings. The van der Waals surface area contributed by atoms with Crippen molar-refractivity contribution in [2.45, 2.75) is 13.5 Å². The zero-order valence-electron chi connectivity index (χ0n) is 8.79. The molecular formula is C10H16N4O. The van der Waals surface area contributed by atoms with Crippen LogP contribution in [0.5, 0.6) is 0 Å². The molecule has 0 radical (unpaired) electrons. The zero-order valence-corrected chi connectivity index (χ0v) is 8.79. The molecule has 1 saturated heterocycles. The van der Waals surface area contributed by atoms with Crippen LogP contribution in [0.25, 0.3) is 0 Å². The van der Waals surface area contributed by atoms with E-state index >= 15 is 0 Å². The third kappa shape index (κ3) is 2.36. The summed E-state index contributed by atoms with van der Waals surface area (Å²) >= 11 is 0. The van der Waals surface area contributed by atoms with Gasteiger partial charge in [-0.15, -0.1) is 0 Å². The number of H-pyrrole nitrogens is 1. The second-order valence-corrected chi connectivity index (χ2v) is 4.00. The minimum atomic E-state index is 0.0918. The molecule has 82 valence electrons. The van der Waals surface area contributed by atoms with Crippen LogP contribution in [-0.4, -0.2) is 29.0 Å². The van der Waals surface area contributed by atoms with Gasteiger partial charge < -0.3 is 15.6 Å². The van der Waals surface area contributed by atoms with Crippen molar-refractivity contribution in [2.24, 2.45) is 11.8 Å². The van der Waals surface area contributed by atoms with Crippen molar-refractivity contribution in [1.29, 1.82) is 0 Å². The number of hydrogen-bond acceptors (Lipinski definition) is 3. The number of nitrogens with zero attached hydrogens (tertiary/aromatic N) is 1. The van der Waals surface area contributed by atoms with E-state index in [0.717, 1.165) is 18.8 Å². The maximum absolute atomic E-state index is 11.7. The lowest BCUT2D eigenvalue weighted by Gasteiger charge is -2.31. The second kappa shape index (κ2) is 4.44. The molecule has 1 aromatic heterocycles. The van der Waals surface area contributed by atoms with Crippen molar-refractivity contribution in [3.8, 4) is 0 Å². The molecule has 0 spiro atoms. The Bertz CT molecular complexity index is 318. The summed E-state index contributed by atoms with van der Waals surface area (Å²) in [6, 6.07) is 0. The van der Waals surface area contributed by atoms with Gasteiger partial charge >= 0.3 is 0 Å². The molecule has 1 unspecified atom stereocenters. The quantitative estimate of drug-likeness (QED) is 0.646. The van der Waals surface area contributed by atoms with Crippen molar-refractivity contribution in [2.75, 3.05) is 13.1 Å². The molecule has 5 nitrogen and oxygen atoms in total. The highest BCUT2D eigenvalue weighted by molar-refractivity contribution is 5.78. The number of carbonyl (C=O) groups is 1. The van der Waals surface area contributed by atoms with Crippen molar-refractivity contribution in [1.82, 2.24) is 20.6 Å². The Kier molecular flexibility index (Phi) is 3.01. The largest absolute Gasteiger partial charge is 0.350 e. The number of aromatic nitrogens is 2. The SMILES string of the molecule is CC(C(=O)NCc1cnc[nH]1)C1CNC1. The van der Waals surface area contributed by atoms with E-state index in [1.54, 1.807) is 12.5 Å². The van der Waals surface area contributed by atoms with E-state index < -0.39 is 0 Å². The molecule has 1 fully saturated rings. The Labute approximate surface area is 88.7 Å². The zero-order chi connectivity index (χ0) is 10.7. The van der Waals surface area contributed by atoms with Crippen LogP contribution in [0, 0.1) is 11.8 Å². The van der Waals surface area contributed by atoms with Crippen LogP contribution in [0.3, 0.4) is 0 Å². The number of hydrogen-bond donors (Lipinski definition) is 3. The first-order valence-electron chi connectivity index (χ1n) is 5.23. The molecule has 0 bridgehead atoms. The highest BCUT2D eigenvalue weighted by Crippen LogP contribution is 2.15. The van der Waals surface area contributed by atoms with Gasteiger partial charge in [0.25, 0.3) is 0 Å². The van der Waals surface area contributed by atoms with Gasteiger partial charge in [-0.1, -0.05) is 6.92 Å². The molecule has 2 heterocycles. The average Bonchev–Trinajstić information content (AvgIpc) is 2.63. The lowest BCUT2D eigenvalue weighted by atomic mass is 9.88. The lowest BCUT2D eigenvalue weighted by molar-refractivity contribution is -0.126. The Morgan fingerprint density at radius 2 is 2.53 bits per heavy atom. The van der Waals surface area contributed by atoms with Crippen molar-refractivity contribution >= 4 is 5.91 Å². The van der Waals surface area contributed by atoms with Crippen molar-refractivity contribution < 1.29 is 4.79 Å². The van der Waals surface area contributed by atoms with Gasteiger partial charge in [-0.25, -0.2) is 4.98 Å². The number of carbonyl (C=O) groups excluding carboxylic acids is 1. The molecule has 0 aromatic carbocycles. The van der Waals surface area contributed by atoms with Gasteiger partial charge in [-0.3, -0.25) is 4.79 Å². The third-order valence-electron chi connectivity index (χ3n) is 2.94. The van der Waals surface area contributed by atoms with E-state index in [9.17, 15) is 4.79 Å². The standard InChI is InChI=1S/C10H16N4O/c1-7(8-2-11-3-8)10(15)13-5-9-4-12-6-14-9/h4,6-8,11H,2-3,5H2,1H3,(H,12,14)(H,13,15). The van der Waals surface area contributed by atoms with Crippen LogP contribution in [0.15, 0.2) is 12.5 Å². The minimum absolute atomic E-state index is 0.0918. The Morgan fingerprint density at radius 3 is 3.07 bits per heavy atom. The van der Waals surface area contributed by atoms with Crippen LogP contribution >= 0.6 is 0 Å². The third-order valence-corrected chi connectivity index (χ3v) is 2.94. The maximum Gasteiger partial charge on any atom is 0.223 e. The van der Waals surface area contributed by atoms with Crippen LogP contribution in [0.2, 0.25) is 0 Å². The monoisotopic (exact) mass is 208 g/mol. The van der Waals surface area contributed by atoms with E-state index in [-0.39, 0.29) is 11.8 Å². The van der Waals surface area contributed by atoms with Crippen molar-refractivity contribution in [3.05, 3.63) is 18.2 Å². The summed E-state index contributed by atoms with van der Waals surface area (Å²) in [6.07, 6.45) is 3.33. The summed E-state index contributed by atoms with van der Waals surface area (Å²) in [5.74, 6) is 0.706. The minimum Gasteiger partial charge on any atom is -0.350 e. The molecule has 1 atom stereocenters. The number of rotatable bonds is 4. The number of aromatic amines is 1. The number of imidazole rings is 1. The lowest BCUT2D eigenvalue weighted by Crippen LogP contribution is -2.49. The van der Waals surface area contributed by atoms with Crippen LogP contribution in [-0.2, 0) is 11.3 Å². The number of amides is 1. The van der Waals surface area contributed by atoms with E-state index in [1.165, 1.54) is 0 Å². The number of nitrogens with one attached hydrogen (secondary N) is 3. The Hall–Kier alpha value is -1.36. The summed E-state index contributed by atoms with van der Waals surface area (Å²) in [5.41, 5.74) is 0.933. The molecule has 0 aliphatic carbocycles. The van der Waals surface area contributed by atoms with Gasteiger partial charge in [-0.2, -0.15) is 0 Å². The Balaban J connectivity index is 1.76. The smallest absolute Gasteiger partial charge is 0.223 e. The van der Waals surface area contributed by atoms with Crippen LogP contribution in [0.4, 0.5) is 0 Å². The van der Waals surface area contributed by atoms with E-state index in [4.69, 9.17) is 0 Å². The van der Waals surface area contributed by atoms with Gasteiger partial charge in [0, 0.05) is 12.1 Å².